The summed E-state index contributed by atoms with van der Waals surface area (Å²) in [5, 5.41) is 0. The molecule has 9 heteroatoms. The molecule has 0 unspecified atom stereocenters. The average Bonchev–Trinajstić information content (AvgIpc) is 2.87. The zero-order chi connectivity index (χ0) is 25.2. The van der Waals surface area contributed by atoms with Crippen molar-refractivity contribution in [2.45, 2.75) is 44.4 Å². The highest BCUT2D eigenvalue weighted by molar-refractivity contribution is 7.89. The number of piperidine rings is 1. The fraction of sp³-hybridized carbons (Fsp3) is 0.462. The van der Waals surface area contributed by atoms with E-state index in [1.165, 1.54) is 11.2 Å². The first kappa shape index (κ1) is 25.2. The van der Waals surface area contributed by atoms with Crippen LogP contribution in [0.5, 0.6) is 5.75 Å². The number of sulfonamides is 1. The van der Waals surface area contributed by atoms with Crippen LogP contribution in [-0.4, -0.2) is 57.8 Å². The van der Waals surface area contributed by atoms with Crippen molar-refractivity contribution in [3.05, 3.63) is 48.0 Å². The van der Waals surface area contributed by atoms with E-state index < -0.39 is 15.9 Å². The van der Waals surface area contributed by atoms with Crippen LogP contribution >= 0.6 is 0 Å². The summed E-state index contributed by atoms with van der Waals surface area (Å²) in [4.78, 5) is 28.7. The molecule has 1 saturated heterocycles. The molecule has 2 aliphatic rings. The molecule has 2 heterocycles. The molecule has 8 nitrogen and oxygen atoms in total. The maximum Gasteiger partial charge on any atom is 0.243 e. The van der Waals surface area contributed by atoms with Crippen molar-refractivity contribution in [2.75, 3.05) is 43.1 Å². The van der Waals surface area contributed by atoms with Crippen LogP contribution in [0.15, 0.2) is 47.4 Å². The quantitative estimate of drug-likeness (QED) is 0.608. The number of rotatable bonds is 6. The Morgan fingerprint density at radius 1 is 1.09 bits per heavy atom. The third kappa shape index (κ3) is 5.21. The van der Waals surface area contributed by atoms with Gasteiger partial charge in [-0.15, -0.1) is 0 Å². The van der Waals surface area contributed by atoms with E-state index in [-0.39, 0.29) is 23.3 Å². The van der Waals surface area contributed by atoms with Gasteiger partial charge in [0, 0.05) is 45.0 Å². The minimum atomic E-state index is -3.76. The van der Waals surface area contributed by atoms with Crippen LogP contribution in [0.1, 0.15) is 38.7 Å². The molecule has 0 radical (unpaired) electrons. The van der Waals surface area contributed by atoms with Gasteiger partial charge in [0.15, 0.2) is 0 Å². The second kappa shape index (κ2) is 10.4. The normalized spacial score (nSPS) is 18.6. The lowest BCUT2D eigenvalue weighted by molar-refractivity contribution is -0.123. The predicted octanol–water partition coefficient (Wildman–Crippen LogP) is 3.45. The monoisotopic (exact) mass is 499 g/mol. The van der Waals surface area contributed by atoms with Gasteiger partial charge < -0.3 is 14.5 Å². The number of nitrogens with zero attached hydrogens (tertiary/aromatic N) is 3. The van der Waals surface area contributed by atoms with E-state index in [2.05, 4.69) is 0 Å². The van der Waals surface area contributed by atoms with Gasteiger partial charge in [-0.05, 0) is 80.6 Å². The van der Waals surface area contributed by atoms with Gasteiger partial charge in [0.25, 0.3) is 0 Å². The number of fused-ring (bicyclic) bond motifs is 1. The number of carbonyl (C=O) groups excluding carboxylic acids is 2. The minimum Gasteiger partial charge on any atom is -0.494 e. The topological polar surface area (TPSA) is 87.2 Å². The van der Waals surface area contributed by atoms with E-state index >= 15 is 0 Å². The average molecular weight is 500 g/mol. The van der Waals surface area contributed by atoms with Crippen LogP contribution in [-0.2, 0) is 26.0 Å². The number of benzene rings is 2. The molecule has 2 amide bonds. The number of amides is 2. The van der Waals surface area contributed by atoms with Crippen LogP contribution in [0.4, 0.5) is 11.4 Å². The summed E-state index contributed by atoms with van der Waals surface area (Å²) in [5.41, 5.74) is 2.39. The number of anilines is 2. The SMILES string of the molecule is CCOc1ccc(N(C)C(=O)[C@H]2CCCN(S(=O)(=O)c3ccc4c(c3)CCCN4C(C)=O)C2)cc1. The summed E-state index contributed by atoms with van der Waals surface area (Å²) in [6, 6.07) is 12.3. The van der Waals surface area contributed by atoms with E-state index in [0.717, 1.165) is 35.5 Å². The lowest BCUT2D eigenvalue weighted by Gasteiger charge is -2.34. The van der Waals surface area contributed by atoms with Crippen LogP contribution in [0.25, 0.3) is 0 Å². The van der Waals surface area contributed by atoms with E-state index in [9.17, 15) is 18.0 Å². The summed E-state index contributed by atoms with van der Waals surface area (Å²) >= 11 is 0. The fourth-order valence-corrected chi connectivity index (χ4v) is 6.48. The van der Waals surface area contributed by atoms with Crippen molar-refractivity contribution in [3.8, 4) is 5.75 Å². The van der Waals surface area contributed by atoms with Crippen LogP contribution in [0, 0.1) is 5.92 Å². The Hall–Kier alpha value is -2.91. The van der Waals surface area contributed by atoms with E-state index in [1.807, 2.05) is 31.2 Å². The Labute approximate surface area is 207 Å². The zero-order valence-corrected chi connectivity index (χ0v) is 21.4. The van der Waals surface area contributed by atoms with Crippen molar-refractivity contribution < 1.29 is 22.7 Å². The standard InChI is InChI=1S/C26H33N3O5S/c1-4-34-23-11-9-22(10-12-23)27(3)26(31)21-8-5-15-28(18-21)35(32,33)24-13-14-25-20(17-24)7-6-16-29(25)19(2)30/h9-14,17,21H,4-8,15-16,18H2,1-3H3/t21-/m0/s1. The van der Waals surface area contributed by atoms with Gasteiger partial charge in [-0.1, -0.05) is 0 Å². The smallest absolute Gasteiger partial charge is 0.243 e. The predicted molar refractivity (Wildman–Crippen MR) is 135 cm³/mol. The largest absolute Gasteiger partial charge is 0.494 e. The van der Waals surface area contributed by atoms with Gasteiger partial charge in [0.1, 0.15) is 5.75 Å². The Balaban J connectivity index is 1.50. The molecule has 35 heavy (non-hydrogen) atoms. The van der Waals surface area contributed by atoms with Gasteiger partial charge in [0.05, 0.1) is 17.4 Å². The molecule has 1 fully saturated rings. The molecule has 188 valence electrons. The molecule has 0 saturated carbocycles. The fourth-order valence-electron chi connectivity index (χ4n) is 4.91. The Morgan fingerprint density at radius 3 is 2.51 bits per heavy atom. The molecule has 2 aromatic carbocycles. The van der Waals surface area contributed by atoms with Gasteiger partial charge >= 0.3 is 0 Å². The third-order valence-corrected chi connectivity index (χ3v) is 8.65. The summed E-state index contributed by atoms with van der Waals surface area (Å²) < 4.78 is 33.9. The Morgan fingerprint density at radius 2 is 1.83 bits per heavy atom. The second-order valence-corrected chi connectivity index (χ2v) is 11.0. The van der Waals surface area contributed by atoms with Gasteiger partial charge in [-0.2, -0.15) is 4.31 Å². The van der Waals surface area contributed by atoms with Crippen molar-refractivity contribution in [2.24, 2.45) is 5.92 Å². The number of carbonyl (C=O) groups is 2. The van der Waals surface area contributed by atoms with Crippen molar-refractivity contribution >= 4 is 33.2 Å². The minimum absolute atomic E-state index is 0.0457. The summed E-state index contributed by atoms with van der Waals surface area (Å²) in [7, 11) is -2.04. The molecule has 0 aromatic heterocycles. The molecule has 2 aliphatic heterocycles. The van der Waals surface area contributed by atoms with E-state index in [4.69, 9.17) is 4.74 Å². The lowest BCUT2D eigenvalue weighted by Crippen LogP contribution is -2.46. The highest BCUT2D eigenvalue weighted by atomic mass is 32.2. The molecule has 0 spiro atoms. The van der Waals surface area contributed by atoms with Crippen LogP contribution in [0.3, 0.4) is 0 Å². The first-order valence-corrected chi connectivity index (χ1v) is 13.6. The first-order valence-electron chi connectivity index (χ1n) is 12.1. The van der Waals surface area contributed by atoms with E-state index in [0.29, 0.717) is 32.5 Å². The number of hydrogen-bond acceptors (Lipinski definition) is 5. The van der Waals surface area contributed by atoms with Crippen LogP contribution < -0.4 is 14.5 Å². The molecule has 1 atom stereocenters. The van der Waals surface area contributed by atoms with Gasteiger partial charge in [-0.25, -0.2) is 8.42 Å². The number of ether oxygens (including phenoxy) is 1. The molecule has 2 aromatic rings. The van der Waals surface area contributed by atoms with Gasteiger partial charge in [0.2, 0.25) is 21.8 Å². The zero-order valence-electron chi connectivity index (χ0n) is 20.6. The molecular formula is C26H33N3O5S. The third-order valence-electron chi connectivity index (χ3n) is 6.79. The summed E-state index contributed by atoms with van der Waals surface area (Å²) in [6.07, 6.45) is 2.80. The second-order valence-electron chi connectivity index (χ2n) is 9.09. The summed E-state index contributed by atoms with van der Waals surface area (Å²) in [6.45, 7) is 5.19. The highest BCUT2D eigenvalue weighted by Gasteiger charge is 2.35. The van der Waals surface area contributed by atoms with Crippen molar-refractivity contribution in [1.82, 2.24) is 4.31 Å². The Bertz CT molecular complexity index is 1200. The van der Waals surface area contributed by atoms with E-state index in [1.54, 1.807) is 35.0 Å². The van der Waals surface area contributed by atoms with Crippen molar-refractivity contribution in [1.29, 1.82) is 0 Å². The Kier molecular flexibility index (Phi) is 7.47. The molecular weight excluding hydrogens is 466 g/mol. The number of hydrogen-bond donors (Lipinski definition) is 0. The molecule has 0 N–H and O–H groups in total. The molecule has 4 rings (SSSR count). The summed E-state index contributed by atoms with van der Waals surface area (Å²) in [5.74, 6) is 0.177. The van der Waals surface area contributed by atoms with Gasteiger partial charge in [-0.3, -0.25) is 9.59 Å². The lowest BCUT2D eigenvalue weighted by atomic mass is 9.98. The highest BCUT2D eigenvalue weighted by Crippen LogP contribution is 2.32. The first-order chi connectivity index (χ1) is 16.7. The maximum atomic E-state index is 13.5. The number of aryl methyl sites for hydroxylation is 1. The van der Waals surface area contributed by atoms with Crippen LogP contribution in [0.2, 0.25) is 0 Å². The molecule has 0 bridgehead atoms. The van der Waals surface area contributed by atoms with Crippen molar-refractivity contribution in [3.63, 3.8) is 0 Å². The molecule has 0 aliphatic carbocycles. The maximum absolute atomic E-state index is 13.5.